The number of nitrogens with one attached hydrogen (secondary N) is 1. The molecule has 0 spiro atoms. The molecule has 0 atom stereocenters. The van der Waals surface area contributed by atoms with Crippen molar-refractivity contribution in [3.8, 4) is 0 Å². The predicted octanol–water partition coefficient (Wildman–Crippen LogP) is 1.51. The van der Waals surface area contributed by atoms with Gasteiger partial charge in [0.05, 0.1) is 13.2 Å². The second-order valence-electron chi connectivity index (χ2n) is 4.88. The highest BCUT2D eigenvalue weighted by Gasteiger charge is 2.08. The van der Waals surface area contributed by atoms with E-state index in [0.717, 1.165) is 59.0 Å². The van der Waals surface area contributed by atoms with E-state index in [1.54, 1.807) is 0 Å². The zero-order valence-electron chi connectivity index (χ0n) is 12.0. The van der Waals surface area contributed by atoms with Crippen LogP contribution in [-0.4, -0.2) is 64.1 Å². The minimum atomic E-state index is 0.899. The molecule has 0 saturated carbocycles. The SMILES string of the molecule is CCCCOCCCNCCCN1CCOCC1. The van der Waals surface area contributed by atoms with Crippen LogP contribution < -0.4 is 5.32 Å². The molecule has 0 radical (unpaired) electrons. The van der Waals surface area contributed by atoms with E-state index in [2.05, 4.69) is 17.1 Å². The Bertz CT molecular complexity index is 173. The van der Waals surface area contributed by atoms with Crippen LogP contribution in [0.2, 0.25) is 0 Å². The summed E-state index contributed by atoms with van der Waals surface area (Å²) in [4.78, 5) is 2.49. The third-order valence-corrected chi connectivity index (χ3v) is 3.22. The molecule has 0 aromatic heterocycles. The first-order valence-electron chi connectivity index (χ1n) is 7.52. The van der Waals surface area contributed by atoms with Gasteiger partial charge in [0.1, 0.15) is 0 Å². The lowest BCUT2D eigenvalue weighted by Crippen LogP contribution is -2.37. The third kappa shape index (κ3) is 8.86. The lowest BCUT2D eigenvalue weighted by Gasteiger charge is -2.26. The molecule has 4 heteroatoms. The van der Waals surface area contributed by atoms with Gasteiger partial charge in [-0.1, -0.05) is 13.3 Å². The van der Waals surface area contributed by atoms with Crippen LogP contribution in [0.3, 0.4) is 0 Å². The van der Waals surface area contributed by atoms with Gasteiger partial charge < -0.3 is 14.8 Å². The molecule has 18 heavy (non-hydrogen) atoms. The van der Waals surface area contributed by atoms with Gasteiger partial charge in [-0.05, 0) is 38.9 Å². The zero-order valence-corrected chi connectivity index (χ0v) is 12.0. The van der Waals surface area contributed by atoms with Gasteiger partial charge in [-0.25, -0.2) is 0 Å². The van der Waals surface area contributed by atoms with Crippen molar-refractivity contribution in [1.82, 2.24) is 10.2 Å². The number of hydrogen-bond donors (Lipinski definition) is 1. The topological polar surface area (TPSA) is 33.7 Å². The first kappa shape index (κ1) is 15.9. The normalized spacial score (nSPS) is 17.2. The van der Waals surface area contributed by atoms with Gasteiger partial charge in [0.25, 0.3) is 0 Å². The number of morpholine rings is 1. The molecule has 0 amide bonds. The quantitative estimate of drug-likeness (QED) is 0.570. The second kappa shape index (κ2) is 11.9. The Morgan fingerprint density at radius 3 is 2.56 bits per heavy atom. The molecule has 108 valence electrons. The van der Waals surface area contributed by atoms with Crippen LogP contribution in [0.5, 0.6) is 0 Å². The van der Waals surface area contributed by atoms with Crippen molar-refractivity contribution in [3.05, 3.63) is 0 Å². The van der Waals surface area contributed by atoms with Crippen molar-refractivity contribution in [3.63, 3.8) is 0 Å². The molecule has 1 heterocycles. The predicted molar refractivity (Wildman–Crippen MR) is 75.1 cm³/mol. The van der Waals surface area contributed by atoms with Crippen LogP contribution >= 0.6 is 0 Å². The smallest absolute Gasteiger partial charge is 0.0594 e. The summed E-state index contributed by atoms with van der Waals surface area (Å²) in [6.45, 7) is 11.4. The fourth-order valence-electron chi connectivity index (χ4n) is 2.03. The first-order chi connectivity index (χ1) is 8.93. The Kier molecular flexibility index (Phi) is 10.5. The van der Waals surface area contributed by atoms with Crippen LogP contribution in [0.15, 0.2) is 0 Å². The Morgan fingerprint density at radius 1 is 1.06 bits per heavy atom. The molecular weight excluding hydrogens is 228 g/mol. The summed E-state index contributed by atoms with van der Waals surface area (Å²) >= 11 is 0. The fraction of sp³-hybridized carbons (Fsp3) is 1.00. The molecule has 4 nitrogen and oxygen atoms in total. The Hall–Kier alpha value is -0.160. The van der Waals surface area contributed by atoms with Crippen molar-refractivity contribution in [2.45, 2.75) is 32.6 Å². The van der Waals surface area contributed by atoms with Crippen LogP contribution in [-0.2, 0) is 9.47 Å². The molecule has 1 aliphatic heterocycles. The van der Waals surface area contributed by atoms with E-state index in [4.69, 9.17) is 9.47 Å². The van der Waals surface area contributed by atoms with Crippen LogP contribution in [0.4, 0.5) is 0 Å². The molecule has 1 fully saturated rings. The minimum absolute atomic E-state index is 0.899. The summed E-state index contributed by atoms with van der Waals surface area (Å²) in [6.07, 6.45) is 4.77. The number of nitrogens with zero attached hydrogens (tertiary/aromatic N) is 1. The minimum Gasteiger partial charge on any atom is -0.381 e. The van der Waals surface area contributed by atoms with Gasteiger partial charge in [0, 0.05) is 26.3 Å². The van der Waals surface area contributed by atoms with E-state index in [9.17, 15) is 0 Å². The average Bonchev–Trinajstić information content (AvgIpc) is 2.42. The third-order valence-electron chi connectivity index (χ3n) is 3.22. The van der Waals surface area contributed by atoms with E-state index in [-0.39, 0.29) is 0 Å². The van der Waals surface area contributed by atoms with E-state index in [0.29, 0.717) is 0 Å². The molecular formula is C14H30N2O2. The molecule has 0 aromatic carbocycles. The molecule has 1 N–H and O–H groups in total. The van der Waals surface area contributed by atoms with E-state index < -0.39 is 0 Å². The summed E-state index contributed by atoms with van der Waals surface area (Å²) in [5, 5.41) is 3.48. The molecule has 1 rings (SSSR count). The van der Waals surface area contributed by atoms with Crippen LogP contribution in [0.25, 0.3) is 0 Å². The molecule has 0 aromatic rings. The van der Waals surface area contributed by atoms with E-state index in [1.807, 2.05) is 0 Å². The number of rotatable bonds is 11. The lowest BCUT2D eigenvalue weighted by atomic mass is 10.3. The molecule has 0 aliphatic carbocycles. The number of unbranched alkanes of at least 4 members (excludes halogenated alkanes) is 1. The maximum atomic E-state index is 5.51. The monoisotopic (exact) mass is 258 g/mol. The number of hydrogen-bond acceptors (Lipinski definition) is 4. The first-order valence-corrected chi connectivity index (χ1v) is 7.52. The van der Waals surface area contributed by atoms with E-state index in [1.165, 1.54) is 25.8 Å². The maximum absolute atomic E-state index is 5.51. The summed E-state index contributed by atoms with van der Waals surface area (Å²) < 4.78 is 10.8. The molecule has 1 saturated heterocycles. The largest absolute Gasteiger partial charge is 0.381 e. The zero-order chi connectivity index (χ0) is 12.9. The van der Waals surface area contributed by atoms with Gasteiger partial charge in [-0.2, -0.15) is 0 Å². The van der Waals surface area contributed by atoms with Crippen LogP contribution in [0, 0.1) is 0 Å². The van der Waals surface area contributed by atoms with Crippen molar-refractivity contribution < 1.29 is 9.47 Å². The van der Waals surface area contributed by atoms with Crippen LogP contribution in [0.1, 0.15) is 32.6 Å². The van der Waals surface area contributed by atoms with E-state index >= 15 is 0 Å². The summed E-state index contributed by atoms with van der Waals surface area (Å²) in [7, 11) is 0. The summed E-state index contributed by atoms with van der Waals surface area (Å²) in [6, 6.07) is 0. The number of ether oxygens (including phenoxy) is 2. The standard InChI is InChI=1S/C14H30N2O2/c1-2-3-11-17-12-5-7-15-6-4-8-16-9-13-18-14-10-16/h15H,2-14H2,1H3. The van der Waals surface area contributed by atoms with Gasteiger partial charge >= 0.3 is 0 Å². The highest BCUT2D eigenvalue weighted by atomic mass is 16.5. The average molecular weight is 258 g/mol. The van der Waals surface area contributed by atoms with Crippen molar-refractivity contribution in [2.24, 2.45) is 0 Å². The summed E-state index contributed by atoms with van der Waals surface area (Å²) in [5.74, 6) is 0. The molecule has 0 bridgehead atoms. The Balaban J connectivity index is 1.73. The van der Waals surface area contributed by atoms with Crippen molar-refractivity contribution >= 4 is 0 Å². The molecule has 0 unspecified atom stereocenters. The van der Waals surface area contributed by atoms with Gasteiger partial charge in [0.15, 0.2) is 0 Å². The maximum Gasteiger partial charge on any atom is 0.0594 e. The lowest BCUT2D eigenvalue weighted by molar-refractivity contribution is 0.0374. The van der Waals surface area contributed by atoms with Gasteiger partial charge in [0.2, 0.25) is 0 Å². The Labute approximate surface area is 112 Å². The summed E-state index contributed by atoms with van der Waals surface area (Å²) in [5.41, 5.74) is 0. The second-order valence-corrected chi connectivity index (χ2v) is 4.88. The highest BCUT2D eigenvalue weighted by Crippen LogP contribution is 1.97. The van der Waals surface area contributed by atoms with Gasteiger partial charge in [-0.3, -0.25) is 4.90 Å². The highest BCUT2D eigenvalue weighted by molar-refractivity contribution is 4.62. The molecule has 1 aliphatic rings. The van der Waals surface area contributed by atoms with Crippen molar-refractivity contribution in [1.29, 1.82) is 0 Å². The van der Waals surface area contributed by atoms with Crippen molar-refractivity contribution in [2.75, 3.05) is 59.2 Å². The Morgan fingerprint density at radius 2 is 1.78 bits per heavy atom. The fourth-order valence-corrected chi connectivity index (χ4v) is 2.03. The van der Waals surface area contributed by atoms with Gasteiger partial charge in [-0.15, -0.1) is 0 Å².